The lowest BCUT2D eigenvalue weighted by Crippen LogP contribution is -2.58. The van der Waals surface area contributed by atoms with Gasteiger partial charge in [0.25, 0.3) is 5.91 Å². The number of nitrogens with one attached hydrogen (secondary N) is 8. The van der Waals surface area contributed by atoms with Gasteiger partial charge in [-0.05, 0) is 94.5 Å². The Bertz CT molecular complexity index is 4200. The van der Waals surface area contributed by atoms with Crippen LogP contribution in [0.1, 0.15) is 92.4 Å². The molecule has 0 aliphatic carbocycles. The Morgan fingerprint density at radius 3 is 1.42 bits per heavy atom. The number of methoxy groups -OCH3 is 2. The first-order chi connectivity index (χ1) is 49.4. The van der Waals surface area contributed by atoms with E-state index in [-0.39, 0.29) is 77.7 Å². The van der Waals surface area contributed by atoms with E-state index in [0.717, 1.165) is 56.7 Å². The van der Waals surface area contributed by atoms with Crippen LogP contribution in [0.15, 0.2) is 121 Å². The minimum Gasteiger partial charge on any atom is -0.504 e. The van der Waals surface area contributed by atoms with Crippen LogP contribution in [-0.4, -0.2) is 158 Å². The largest absolute Gasteiger partial charge is 0.504 e. The van der Waals surface area contributed by atoms with Crippen LogP contribution in [0.3, 0.4) is 0 Å². The van der Waals surface area contributed by atoms with Crippen LogP contribution in [-0.2, 0) is 68.8 Å². The number of aliphatic hydroxyl groups excluding tert-OH is 2. The van der Waals surface area contributed by atoms with Crippen molar-refractivity contribution >= 4 is 64.6 Å². The van der Waals surface area contributed by atoms with Crippen LogP contribution in [0.2, 0.25) is 0 Å². The van der Waals surface area contributed by atoms with Crippen LogP contribution < -0.4 is 67.2 Å². The van der Waals surface area contributed by atoms with Crippen molar-refractivity contribution in [1.82, 2.24) is 42.5 Å². The van der Waals surface area contributed by atoms with Crippen molar-refractivity contribution in [3.8, 4) is 46.0 Å². The number of phenolic OH excluding ortho intramolecular Hbond substituents is 2. The molecule has 8 bridgehead atoms. The molecule has 104 heavy (non-hydrogen) atoms. The zero-order valence-corrected chi connectivity index (χ0v) is 57.3. The summed E-state index contributed by atoms with van der Waals surface area (Å²) in [5.74, 6) is -14.1. The van der Waals surface area contributed by atoms with Crippen molar-refractivity contribution in [3.05, 3.63) is 175 Å². The fourth-order valence-corrected chi connectivity index (χ4v) is 11.8. The highest BCUT2D eigenvalue weighted by molar-refractivity contribution is 5.96. The van der Waals surface area contributed by atoms with Crippen molar-refractivity contribution in [1.29, 1.82) is 0 Å². The number of benzene rings is 6. The second-order valence-electron chi connectivity index (χ2n) is 25.7. The number of hydrogen-bond acceptors (Lipinski definition) is 22. The van der Waals surface area contributed by atoms with E-state index in [1.807, 2.05) is 13.8 Å². The fraction of sp³-hybridized carbons (Fsp3) is 0.366. The Hall–Kier alpha value is -12.0. The van der Waals surface area contributed by atoms with Crippen molar-refractivity contribution in [2.45, 2.75) is 133 Å². The van der Waals surface area contributed by atoms with Crippen LogP contribution in [0.5, 0.6) is 46.0 Å². The molecule has 0 fully saturated rings. The molecule has 8 amide bonds. The van der Waals surface area contributed by atoms with E-state index in [4.69, 9.17) is 24.7 Å². The van der Waals surface area contributed by atoms with Crippen LogP contribution >= 0.6 is 0 Å². The van der Waals surface area contributed by atoms with Crippen molar-refractivity contribution in [2.24, 2.45) is 17.6 Å². The number of nitrogens with zero attached hydrogens (tertiary/aromatic N) is 2. The normalized spacial score (nSPS) is 18.8. The summed E-state index contributed by atoms with van der Waals surface area (Å²) in [5.41, 5.74) is 5.48. The molecule has 10 rings (SSSR count). The SMILES string of the molecule is COc1c(O)cc2cc1Oc1ccc(cc1[N+](=O)[O-])C[C@@H](NC(=O)[C@@H](CC(C)C)NC(=O)CCNC(=O)[C@@H](O)[C@@H]1NC(=O)[C@H](Cc3ccccc3)NC(=O)[C@H](NC(=O)[C@H](N)CC(C)C)Cc3ccc(c([N+](=O)[O-])c3)Oc3cc1cc(O)c3OC)C(=O)N[C@@H](Cc1ccccc1)C(=O)N[C@H]2[C@H](O)C(=O)O. The molecule has 0 saturated carbocycles. The van der Waals surface area contributed by atoms with E-state index in [2.05, 4.69) is 42.5 Å². The molecular formula is C71H81N11O22. The van der Waals surface area contributed by atoms with Gasteiger partial charge in [0, 0.05) is 50.8 Å². The first-order valence-electron chi connectivity index (χ1n) is 33.0. The molecule has 0 spiro atoms. The maximum atomic E-state index is 14.9. The molecule has 0 saturated heterocycles. The van der Waals surface area contributed by atoms with Gasteiger partial charge < -0.3 is 92.7 Å². The third kappa shape index (κ3) is 20.2. The number of nitrogens with two attached hydrogens (primary N) is 1. The molecule has 6 aromatic rings. The summed E-state index contributed by atoms with van der Waals surface area (Å²) in [6, 6.07) is 14.9. The molecule has 6 aromatic carbocycles. The summed E-state index contributed by atoms with van der Waals surface area (Å²) < 4.78 is 22.7. The van der Waals surface area contributed by atoms with Gasteiger partial charge in [0.15, 0.2) is 35.2 Å². The maximum Gasteiger partial charge on any atom is 0.335 e. The van der Waals surface area contributed by atoms with Gasteiger partial charge in [0.05, 0.1) is 42.2 Å². The van der Waals surface area contributed by atoms with Crippen molar-refractivity contribution in [2.75, 3.05) is 20.8 Å². The minimum atomic E-state index is -2.43. The second-order valence-corrected chi connectivity index (χ2v) is 25.7. The number of rotatable bonds is 24. The summed E-state index contributed by atoms with van der Waals surface area (Å²) >= 11 is 0. The number of phenols is 2. The first kappa shape index (κ1) is 77.8. The molecule has 0 radical (unpaired) electrons. The number of aliphatic hydroxyl groups is 2. The van der Waals surface area contributed by atoms with Crippen molar-refractivity contribution in [3.63, 3.8) is 0 Å². The van der Waals surface area contributed by atoms with Crippen molar-refractivity contribution < 1.29 is 97.5 Å². The predicted octanol–water partition coefficient (Wildman–Crippen LogP) is 3.28. The van der Waals surface area contributed by atoms with E-state index >= 15 is 0 Å². The highest BCUT2D eigenvalue weighted by Gasteiger charge is 2.39. The molecule has 15 N–H and O–H groups in total. The zero-order valence-electron chi connectivity index (χ0n) is 57.3. The summed E-state index contributed by atoms with van der Waals surface area (Å²) in [6.07, 6.45) is -6.75. The molecule has 4 aliphatic rings. The molecule has 0 aromatic heterocycles. The summed E-state index contributed by atoms with van der Waals surface area (Å²) in [6.45, 7) is 6.48. The Morgan fingerprint density at radius 1 is 0.577 bits per heavy atom. The Balaban J connectivity index is 1.07. The Morgan fingerprint density at radius 2 is 1.01 bits per heavy atom. The molecule has 4 aliphatic heterocycles. The topological polar surface area (TPSA) is 500 Å². The van der Waals surface area contributed by atoms with Gasteiger partial charge in [0.1, 0.15) is 30.2 Å². The number of carboxylic acids is 1. The van der Waals surface area contributed by atoms with E-state index in [1.165, 1.54) is 18.2 Å². The molecule has 4 heterocycles. The maximum absolute atomic E-state index is 14.9. The second kappa shape index (κ2) is 35.1. The number of carboxylic acid groups (broad SMARTS) is 1. The highest BCUT2D eigenvalue weighted by atomic mass is 16.6. The average Bonchev–Trinajstić information content (AvgIpc) is 0.795. The monoisotopic (exact) mass is 1440 g/mol. The molecule has 33 heteroatoms. The zero-order chi connectivity index (χ0) is 75.8. The number of ether oxygens (including phenoxy) is 4. The third-order valence-electron chi connectivity index (χ3n) is 16.9. The summed E-state index contributed by atoms with van der Waals surface area (Å²) in [5, 5.41) is 102. The number of nitro benzene ring substituents is 2. The van der Waals surface area contributed by atoms with Gasteiger partial charge in [-0.1, -0.05) is 100 Å². The lowest BCUT2D eigenvalue weighted by molar-refractivity contribution is -0.385. The number of carbonyl (C=O) groups is 9. The van der Waals surface area contributed by atoms with Gasteiger partial charge in [0.2, 0.25) is 64.3 Å². The third-order valence-corrected chi connectivity index (χ3v) is 16.9. The number of carbonyl (C=O) groups excluding carboxylic acids is 8. The molecule has 0 unspecified atom stereocenters. The number of hydrogen-bond donors (Lipinski definition) is 14. The number of amides is 8. The standard InChI is InChI=1S/C71H81N11O22/c1-35(2)23-43(72)64(88)75-47-27-39-17-19-53(49(29-39)81(97)98)103-55-33-41(31-51(83)62(55)101-5)58(79-68(92)45(76-66(47)90)25-37-13-9-7-10-14-37)60(86)70(94)73-22-21-57(85)74-44(24-36(3)4)65(89)78-48-28-40-18-20-54(50(30-40)82(99)100)104-56-34-42(32-52(84)63(56)102-6)59(61(87)71(95)96)80-69(93)46(77-67(48)91)26-38-15-11-8-12-16-38/h7-20,29-36,43-48,58-61,83-84,86-87H,21-28,72H2,1-6H3,(H,73,94)(H,74,85)(H,75,88)(H,76,90)(H,77,91)(H,78,89)(H,79,92)(H,80,93)(H,95,96)/t43-,44-,45+,46+,47-,48-,58-,59-,60+,61+/m1/s1. The van der Waals surface area contributed by atoms with Gasteiger partial charge in [-0.3, -0.25) is 58.6 Å². The molecule has 33 nitrogen and oxygen atoms in total. The predicted molar refractivity (Wildman–Crippen MR) is 369 cm³/mol. The van der Waals surface area contributed by atoms with Gasteiger partial charge in [-0.25, -0.2) is 4.79 Å². The summed E-state index contributed by atoms with van der Waals surface area (Å²) in [4.78, 5) is 152. The van der Waals surface area contributed by atoms with E-state index in [0.29, 0.717) is 11.1 Å². The van der Waals surface area contributed by atoms with E-state index < -0.39 is 189 Å². The van der Waals surface area contributed by atoms with Crippen LogP contribution in [0.4, 0.5) is 11.4 Å². The highest BCUT2D eigenvalue weighted by Crippen LogP contribution is 2.46. The van der Waals surface area contributed by atoms with E-state index in [9.17, 15) is 88.9 Å². The van der Waals surface area contributed by atoms with Gasteiger partial charge >= 0.3 is 17.3 Å². The molecular weight excluding hydrogens is 1360 g/mol. The Labute approximate surface area is 594 Å². The molecule has 10 atom stereocenters. The quantitative estimate of drug-likeness (QED) is 0.0305. The first-order valence-corrected chi connectivity index (χ1v) is 33.0. The average molecular weight is 1440 g/mol. The molecule has 552 valence electrons. The number of fused-ring (bicyclic) bond motifs is 18. The number of nitro groups is 2. The van der Waals surface area contributed by atoms with Crippen LogP contribution in [0, 0.1) is 32.1 Å². The minimum absolute atomic E-state index is 0.0463. The van der Waals surface area contributed by atoms with Crippen LogP contribution in [0.25, 0.3) is 0 Å². The van der Waals surface area contributed by atoms with E-state index in [1.54, 1.807) is 74.5 Å². The number of aliphatic carboxylic acids is 1. The smallest absolute Gasteiger partial charge is 0.335 e. The number of aromatic hydroxyl groups is 2. The Kier molecular flexibility index (Phi) is 26.2. The van der Waals surface area contributed by atoms with Gasteiger partial charge in [-0.15, -0.1) is 0 Å². The lowest BCUT2D eigenvalue weighted by Gasteiger charge is -2.29. The van der Waals surface area contributed by atoms with Gasteiger partial charge in [-0.2, -0.15) is 0 Å². The fourth-order valence-electron chi connectivity index (χ4n) is 11.8. The summed E-state index contributed by atoms with van der Waals surface area (Å²) in [7, 11) is 2.27. The lowest BCUT2D eigenvalue weighted by atomic mass is 9.97.